The van der Waals surface area contributed by atoms with E-state index in [1.165, 1.54) is 12.1 Å². The SMILES string of the molecule is CC(O)CCC(=O)N1CCc2ccc(F)cc21. The number of aliphatic hydroxyl groups is 1. The summed E-state index contributed by atoms with van der Waals surface area (Å²) in [5.41, 5.74) is 1.69. The van der Waals surface area contributed by atoms with E-state index in [0.717, 1.165) is 12.0 Å². The molecule has 1 aromatic carbocycles. The molecule has 4 heteroatoms. The smallest absolute Gasteiger partial charge is 0.227 e. The highest BCUT2D eigenvalue weighted by Gasteiger charge is 2.24. The van der Waals surface area contributed by atoms with Crippen molar-refractivity contribution in [3.63, 3.8) is 0 Å². The van der Waals surface area contributed by atoms with E-state index >= 15 is 0 Å². The largest absolute Gasteiger partial charge is 0.393 e. The van der Waals surface area contributed by atoms with Gasteiger partial charge in [0.25, 0.3) is 0 Å². The predicted octanol–water partition coefficient (Wildman–Crippen LogP) is 1.88. The Kier molecular flexibility index (Phi) is 3.43. The van der Waals surface area contributed by atoms with Crippen molar-refractivity contribution in [3.05, 3.63) is 29.6 Å². The van der Waals surface area contributed by atoms with E-state index in [9.17, 15) is 9.18 Å². The monoisotopic (exact) mass is 237 g/mol. The molecule has 0 fully saturated rings. The first-order chi connectivity index (χ1) is 8.08. The molecule has 1 aliphatic rings. The summed E-state index contributed by atoms with van der Waals surface area (Å²) in [5.74, 6) is -0.366. The van der Waals surface area contributed by atoms with Gasteiger partial charge in [0.15, 0.2) is 0 Å². The van der Waals surface area contributed by atoms with Crippen LogP contribution in [0.5, 0.6) is 0 Å². The maximum Gasteiger partial charge on any atom is 0.227 e. The van der Waals surface area contributed by atoms with Crippen molar-refractivity contribution >= 4 is 11.6 Å². The quantitative estimate of drug-likeness (QED) is 0.872. The van der Waals surface area contributed by atoms with Crippen molar-refractivity contribution in [3.8, 4) is 0 Å². The van der Waals surface area contributed by atoms with Gasteiger partial charge in [0.05, 0.1) is 6.10 Å². The van der Waals surface area contributed by atoms with E-state index in [1.807, 2.05) is 0 Å². The molecule has 1 aromatic rings. The summed E-state index contributed by atoms with van der Waals surface area (Å²) in [6, 6.07) is 4.55. The van der Waals surface area contributed by atoms with Gasteiger partial charge < -0.3 is 10.0 Å². The molecule has 0 spiro atoms. The van der Waals surface area contributed by atoms with E-state index in [4.69, 9.17) is 5.11 Å². The minimum Gasteiger partial charge on any atom is -0.393 e. The Labute approximate surface area is 99.9 Å². The van der Waals surface area contributed by atoms with Crippen LogP contribution in [0.25, 0.3) is 0 Å². The second kappa shape index (κ2) is 4.84. The number of nitrogens with zero attached hydrogens (tertiary/aromatic N) is 1. The normalized spacial score (nSPS) is 15.8. The Bertz CT molecular complexity index is 431. The molecule has 0 aliphatic carbocycles. The molecule has 1 amide bonds. The second-order valence-electron chi connectivity index (χ2n) is 4.46. The highest BCUT2D eigenvalue weighted by molar-refractivity contribution is 5.95. The lowest BCUT2D eigenvalue weighted by Crippen LogP contribution is -2.29. The maximum absolute atomic E-state index is 13.1. The number of rotatable bonds is 3. The Hall–Kier alpha value is -1.42. The summed E-state index contributed by atoms with van der Waals surface area (Å²) < 4.78 is 13.1. The lowest BCUT2D eigenvalue weighted by Gasteiger charge is -2.17. The summed E-state index contributed by atoms with van der Waals surface area (Å²) in [4.78, 5) is 13.5. The Morgan fingerprint density at radius 2 is 2.35 bits per heavy atom. The van der Waals surface area contributed by atoms with Gasteiger partial charge in [0.2, 0.25) is 5.91 Å². The van der Waals surface area contributed by atoms with Crippen LogP contribution in [0.1, 0.15) is 25.3 Å². The predicted molar refractivity (Wildman–Crippen MR) is 63.4 cm³/mol. The van der Waals surface area contributed by atoms with Gasteiger partial charge in [-0.05, 0) is 37.5 Å². The van der Waals surface area contributed by atoms with Gasteiger partial charge in [-0.2, -0.15) is 0 Å². The first-order valence-electron chi connectivity index (χ1n) is 5.85. The number of fused-ring (bicyclic) bond motifs is 1. The van der Waals surface area contributed by atoms with Crippen LogP contribution >= 0.6 is 0 Å². The third kappa shape index (κ3) is 2.64. The standard InChI is InChI=1S/C13H16FNO2/c1-9(16)2-5-13(17)15-7-6-10-3-4-11(14)8-12(10)15/h3-4,8-9,16H,2,5-7H2,1H3. The first-order valence-corrected chi connectivity index (χ1v) is 5.85. The summed E-state index contributed by atoms with van der Waals surface area (Å²) in [6.45, 7) is 2.27. The minimum absolute atomic E-state index is 0.0461. The van der Waals surface area contributed by atoms with E-state index in [1.54, 1.807) is 17.9 Å². The Morgan fingerprint density at radius 1 is 1.59 bits per heavy atom. The molecule has 1 aliphatic heterocycles. The topological polar surface area (TPSA) is 40.5 Å². The molecule has 0 radical (unpaired) electrons. The Morgan fingerprint density at radius 3 is 3.06 bits per heavy atom. The molecule has 0 bridgehead atoms. The van der Waals surface area contributed by atoms with Gasteiger partial charge in [-0.3, -0.25) is 4.79 Å². The lowest BCUT2D eigenvalue weighted by atomic mass is 10.1. The number of carbonyl (C=O) groups excluding carboxylic acids is 1. The fraction of sp³-hybridized carbons (Fsp3) is 0.462. The first kappa shape index (κ1) is 12.0. The minimum atomic E-state index is -0.478. The number of aliphatic hydroxyl groups excluding tert-OH is 1. The van der Waals surface area contributed by atoms with Crippen molar-refractivity contribution in [1.29, 1.82) is 0 Å². The lowest BCUT2D eigenvalue weighted by molar-refractivity contribution is -0.119. The molecule has 0 aromatic heterocycles. The molecule has 0 saturated heterocycles. The van der Waals surface area contributed by atoms with Crippen LogP contribution in [0.15, 0.2) is 18.2 Å². The molecular weight excluding hydrogens is 221 g/mol. The van der Waals surface area contributed by atoms with Crippen LogP contribution in [-0.4, -0.2) is 23.7 Å². The van der Waals surface area contributed by atoms with Crippen LogP contribution in [0, 0.1) is 5.82 Å². The molecule has 1 N–H and O–H groups in total. The average Bonchev–Trinajstić information content (AvgIpc) is 2.68. The van der Waals surface area contributed by atoms with E-state index in [-0.39, 0.29) is 11.7 Å². The number of hydrogen-bond acceptors (Lipinski definition) is 2. The zero-order valence-corrected chi connectivity index (χ0v) is 9.82. The molecule has 92 valence electrons. The van der Waals surface area contributed by atoms with Gasteiger partial charge in [0, 0.05) is 18.7 Å². The van der Waals surface area contributed by atoms with E-state index in [0.29, 0.717) is 25.1 Å². The summed E-state index contributed by atoms with van der Waals surface area (Å²) >= 11 is 0. The van der Waals surface area contributed by atoms with Gasteiger partial charge >= 0.3 is 0 Å². The van der Waals surface area contributed by atoms with Gasteiger partial charge in [-0.1, -0.05) is 6.07 Å². The third-order valence-corrected chi connectivity index (χ3v) is 3.02. The second-order valence-corrected chi connectivity index (χ2v) is 4.46. The van der Waals surface area contributed by atoms with Gasteiger partial charge in [-0.25, -0.2) is 4.39 Å². The maximum atomic E-state index is 13.1. The fourth-order valence-electron chi connectivity index (χ4n) is 2.08. The number of benzene rings is 1. The van der Waals surface area contributed by atoms with Gasteiger partial charge in [0.1, 0.15) is 5.82 Å². The Balaban J connectivity index is 2.10. The van der Waals surface area contributed by atoms with E-state index in [2.05, 4.69) is 0 Å². The average molecular weight is 237 g/mol. The molecule has 1 unspecified atom stereocenters. The van der Waals surface area contributed by atoms with E-state index < -0.39 is 6.10 Å². The summed E-state index contributed by atoms with van der Waals surface area (Å²) in [7, 11) is 0. The van der Waals surface area contributed by atoms with Crippen LogP contribution in [0.2, 0.25) is 0 Å². The summed E-state index contributed by atoms with van der Waals surface area (Å²) in [5, 5.41) is 9.15. The third-order valence-electron chi connectivity index (χ3n) is 3.02. The van der Waals surface area contributed by atoms with Crippen LogP contribution < -0.4 is 4.90 Å². The number of carbonyl (C=O) groups is 1. The molecule has 1 heterocycles. The molecule has 3 nitrogen and oxygen atoms in total. The zero-order chi connectivity index (χ0) is 12.4. The molecule has 17 heavy (non-hydrogen) atoms. The van der Waals surface area contributed by atoms with Crippen LogP contribution in [0.3, 0.4) is 0 Å². The number of anilines is 1. The van der Waals surface area contributed by atoms with Crippen LogP contribution in [0.4, 0.5) is 10.1 Å². The molecule has 1 atom stereocenters. The summed E-state index contributed by atoms with van der Waals surface area (Å²) in [6.07, 6.45) is 1.04. The van der Waals surface area contributed by atoms with Gasteiger partial charge in [-0.15, -0.1) is 0 Å². The highest BCUT2D eigenvalue weighted by atomic mass is 19.1. The molecule has 0 saturated carbocycles. The van der Waals surface area contributed by atoms with Crippen molar-refractivity contribution in [2.24, 2.45) is 0 Å². The zero-order valence-electron chi connectivity index (χ0n) is 9.82. The van der Waals surface area contributed by atoms with Crippen molar-refractivity contribution in [2.75, 3.05) is 11.4 Å². The number of halogens is 1. The van der Waals surface area contributed by atoms with Crippen molar-refractivity contribution in [1.82, 2.24) is 0 Å². The molecule has 2 rings (SSSR count). The van der Waals surface area contributed by atoms with Crippen LogP contribution in [-0.2, 0) is 11.2 Å². The van der Waals surface area contributed by atoms with Crippen molar-refractivity contribution < 1.29 is 14.3 Å². The number of hydrogen-bond donors (Lipinski definition) is 1. The fourth-order valence-corrected chi connectivity index (χ4v) is 2.08. The highest BCUT2D eigenvalue weighted by Crippen LogP contribution is 2.29. The molecular formula is C13H16FNO2. The number of amides is 1. The van der Waals surface area contributed by atoms with Crippen molar-refractivity contribution in [2.45, 2.75) is 32.3 Å².